The van der Waals surface area contributed by atoms with Crippen LogP contribution in [0.3, 0.4) is 0 Å². The summed E-state index contributed by atoms with van der Waals surface area (Å²) in [7, 11) is 0. The van der Waals surface area contributed by atoms with Gasteiger partial charge in [0.1, 0.15) is 0 Å². The number of pyridine rings is 1. The average molecular weight is 264 g/mol. The Morgan fingerprint density at radius 1 is 1.37 bits per heavy atom. The van der Waals surface area contributed by atoms with Gasteiger partial charge in [0, 0.05) is 12.4 Å². The van der Waals surface area contributed by atoms with Crippen LogP contribution in [0.25, 0.3) is 0 Å². The van der Waals surface area contributed by atoms with E-state index in [1.54, 1.807) is 6.20 Å². The standard InChI is InChI=1S/C15H24N2O2/c1-5-17(6-2)15(4,11-14(18)19-7-3)13-9-8-10-16-12-13/h8-10,12H,5-7,11H2,1-4H3. The third kappa shape index (κ3) is 3.77. The third-order valence-electron chi connectivity index (χ3n) is 3.54. The van der Waals surface area contributed by atoms with Crippen molar-refractivity contribution in [2.24, 2.45) is 0 Å². The van der Waals surface area contributed by atoms with Gasteiger partial charge in [-0.25, -0.2) is 0 Å². The molecular weight excluding hydrogens is 240 g/mol. The molecule has 1 atom stereocenters. The Balaban J connectivity index is 3.06. The number of nitrogens with zero attached hydrogens (tertiary/aromatic N) is 2. The fraction of sp³-hybridized carbons (Fsp3) is 0.600. The maximum atomic E-state index is 11.9. The zero-order valence-corrected chi connectivity index (χ0v) is 12.3. The highest BCUT2D eigenvalue weighted by molar-refractivity contribution is 5.71. The van der Waals surface area contributed by atoms with Gasteiger partial charge in [-0.2, -0.15) is 0 Å². The van der Waals surface area contributed by atoms with Crippen molar-refractivity contribution in [1.29, 1.82) is 0 Å². The molecule has 0 bridgehead atoms. The molecule has 1 aromatic heterocycles. The Labute approximate surface area is 115 Å². The van der Waals surface area contributed by atoms with Crippen molar-refractivity contribution in [2.45, 2.75) is 39.7 Å². The van der Waals surface area contributed by atoms with Crippen LogP contribution in [0.15, 0.2) is 24.5 Å². The molecule has 106 valence electrons. The molecule has 1 rings (SSSR count). The molecule has 0 fully saturated rings. The van der Waals surface area contributed by atoms with E-state index in [0.29, 0.717) is 13.0 Å². The number of ether oxygens (including phenoxy) is 1. The SMILES string of the molecule is CCOC(=O)CC(C)(c1cccnc1)N(CC)CC. The zero-order chi connectivity index (χ0) is 14.3. The molecule has 0 aliphatic carbocycles. The number of hydrogen-bond acceptors (Lipinski definition) is 4. The number of rotatable bonds is 7. The van der Waals surface area contributed by atoms with Gasteiger partial charge >= 0.3 is 5.97 Å². The first-order chi connectivity index (χ1) is 9.08. The molecule has 0 aliphatic rings. The molecule has 0 radical (unpaired) electrons. The summed E-state index contributed by atoms with van der Waals surface area (Å²) in [4.78, 5) is 18.3. The predicted octanol–water partition coefficient (Wildman–Crippen LogP) is 2.59. The smallest absolute Gasteiger partial charge is 0.308 e. The lowest BCUT2D eigenvalue weighted by molar-refractivity contribution is -0.146. The van der Waals surface area contributed by atoms with Gasteiger partial charge in [0.05, 0.1) is 18.6 Å². The van der Waals surface area contributed by atoms with Crippen LogP contribution in [0, 0.1) is 0 Å². The van der Waals surface area contributed by atoms with Gasteiger partial charge in [0.2, 0.25) is 0 Å². The molecule has 0 saturated carbocycles. The summed E-state index contributed by atoms with van der Waals surface area (Å²) in [5.41, 5.74) is 0.677. The fourth-order valence-electron chi connectivity index (χ4n) is 2.49. The van der Waals surface area contributed by atoms with E-state index < -0.39 is 0 Å². The fourth-order valence-corrected chi connectivity index (χ4v) is 2.49. The van der Waals surface area contributed by atoms with Gasteiger partial charge < -0.3 is 4.74 Å². The lowest BCUT2D eigenvalue weighted by atomic mass is 9.87. The second kappa shape index (κ2) is 7.24. The van der Waals surface area contributed by atoms with Crippen LogP contribution in [0.1, 0.15) is 39.7 Å². The third-order valence-corrected chi connectivity index (χ3v) is 3.54. The van der Waals surface area contributed by atoms with Gasteiger partial charge in [0.15, 0.2) is 0 Å². The summed E-state index contributed by atoms with van der Waals surface area (Å²) in [6.07, 6.45) is 3.92. The van der Waals surface area contributed by atoms with Crippen molar-refractivity contribution in [3.8, 4) is 0 Å². The number of aromatic nitrogens is 1. The summed E-state index contributed by atoms with van der Waals surface area (Å²) >= 11 is 0. The van der Waals surface area contributed by atoms with Crippen molar-refractivity contribution < 1.29 is 9.53 Å². The van der Waals surface area contributed by atoms with Gasteiger partial charge in [-0.05, 0) is 38.6 Å². The molecule has 4 nitrogen and oxygen atoms in total. The maximum Gasteiger partial charge on any atom is 0.308 e. The number of esters is 1. The van der Waals surface area contributed by atoms with Crippen molar-refractivity contribution in [1.82, 2.24) is 9.88 Å². The van der Waals surface area contributed by atoms with Crippen molar-refractivity contribution in [3.63, 3.8) is 0 Å². The van der Waals surface area contributed by atoms with E-state index in [0.717, 1.165) is 18.7 Å². The molecule has 19 heavy (non-hydrogen) atoms. The van der Waals surface area contributed by atoms with E-state index in [1.165, 1.54) is 0 Å². The second-order valence-electron chi connectivity index (χ2n) is 4.67. The quantitative estimate of drug-likeness (QED) is 0.710. The first kappa shape index (κ1) is 15.6. The van der Waals surface area contributed by atoms with Crippen molar-refractivity contribution in [3.05, 3.63) is 30.1 Å². The van der Waals surface area contributed by atoms with E-state index in [2.05, 4.69) is 30.7 Å². The molecule has 1 heterocycles. The highest BCUT2D eigenvalue weighted by Crippen LogP contribution is 2.31. The largest absolute Gasteiger partial charge is 0.466 e. The second-order valence-corrected chi connectivity index (χ2v) is 4.67. The van der Waals surface area contributed by atoms with Crippen molar-refractivity contribution in [2.75, 3.05) is 19.7 Å². The van der Waals surface area contributed by atoms with Gasteiger partial charge in [-0.3, -0.25) is 14.7 Å². The molecule has 0 amide bonds. The summed E-state index contributed by atoms with van der Waals surface area (Å²) in [5.74, 6) is -0.166. The summed E-state index contributed by atoms with van der Waals surface area (Å²) in [6, 6.07) is 3.92. The lowest BCUT2D eigenvalue weighted by Crippen LogP contribution is -2.45. The number of carbonyl (C=O) groups is 1. The summed E-state index contributed by atoms with van der Waals surface area (Å²) < 4.78 is 5.11. The minimum Gasteiger partial charge on any atom is -0.466 e. The van der Waals surface area contributed by atoms with Gasteiger partial charge in [-0.1, -0.05) is 19.9 Å². The maximum absolute atomic E-state index is 11.9. The predicted molar refractivity (Wildman–Crippen MR) is 75.8 cm³/mol. The van der Waals surface area contributed by atoms with E-state index in [1.807, 2.05) is 25.3 Å². The van der Waals surface area contributed by atoms with Crippen LogP contribution >= 0.6 is 0 Å². The Hall–Kier alpha value is -1.42. The van der Waals surface area contributed by atoms with Crippen LogP contribution in [-0.4, -0.2) is 35.5 Å². The Morgan fingerprint density at radius 3 is 2.53 bits per heavy atom. The van der Waals surface area contributed by atoms with Crippen LogP contribution in [-0.2, 0) is 15.1 Å². The van der Waals surface area contributed by atoms with Crippen LogP contribution in [0.4, 0.5) is 0 Å². The lowest BCUT2D eigenvalue weighted by Gasteiger charge is -2.40. The molecule has 0 N–H and O–H groups in total. The average Bonchev–Trinajstić information content (AvgIpc) is 2.41. The van der Waals surface area contributed by atoms with Crippen molar-refractivity contribution >= 4 is 5.97 Å². The molecular formula is C15H24N2O2. The number of hydrogen-bond donors (Lipinski definition) is 0. The molecule has 0 saturated heterocycles. The van der Waals surface area contributed by atoms with E-state index >= 15 is 0 Å². The van der Waals surface area contributed by atoms with Crippen LogP contribution in [0.2, 0.25) is 0 Å². The normalized spacial score (nSPS) is 14.2. The Kier molecular flexibility index (Phi) is 5.96. The van der Waals surface area contributed by atoms with Crippen LogP contribution in [0.5, 0.6) is 0 Å². The topological polar surface area (TPSA) is 42.4 Å². The molecule has 4 heteroatoms. The summed E-state index contributed by atoms with van der Waals surface area (Å²) in [6.45, 7) is 10.3. The van der Waals surface area contributed by atoms with Gasteiger partial charge in [-0.15, -0.1) is 0 Å². The van der Waals surface area contributed by atoms with Crippen LogP contribution < -0.4 is 0 Å². The zero-order valence-electron chi connectivity index (χ0n) is 12.3. The minimum absolute atomic E-state index is 0.166. The molecule has 1 aromatic rings. The van der Waals surface area contributed by atoms with E-state index in [9.17, 15) is 4.79 Å². The molecule has 1 unspecified atom stereocenters. The number of carbonyl (C=O) groups excluding carboxylic acids is 1. The monoisotopic (exact) mass is 264 g/mol. The Morgan fingerprint density at radius 2 is 2.05 bits per heavy atom. The first-order valence-electron chi connectivity index (χ1n) is 6.89. The van der Waals surface area contributed by atoms with E-state index in [4.69, 9.17) is 4.74 Å². The van der Waals surface area contributed by atoms with E-state index in [-0.39, 0.29) is 11.5 Å². The Bertz CT molecular complexity index is 390. The van der Waals surface area contributed by atoms with Gasteiger partial charge in [0.25, 0.3) is 0 Å². The molecule has 0 aromatic carbocycles. The minimum atomic E-state index is -0.371. The first-order valence-corrected chi connectivity index (χ1v) is 6.89. The highest BCUT2D eigenvalue weighted by Gasteiger charge is 2.35. The highest BCUT2D eigenvalue weighted by atomic mass is 16.5. The summed E-state index contributed by atoms with van der Waals surface area (Å²) in [5, 5.41) is 0. The molecule has 0 spiro atoms. The molecule has 0 aliphatic heterocycles.